The average molecular weight is 233 g/mol. The monoisotopic (exact) mass is 233 g/mol. The van der Waals surface area contributed by atoms with Gasteiger partial charge in [0.05, 0.1) is 19.7 Å². The SMILES string of the molecule is CCn1ccc(=O)c2cc(OC)c(OC)cc21. The van der Waals surface area contributed by atoms with Crippen LogP contribution in [0.2, 0.25) is 0 Å². The van der Waals surface area contributed by atoms with Gasteiger partial charge in [-0.2, -0.15) is 0 Å². The number of methoxy groups -OCH3 is 2. The van der Waals surface area contributed by atoms with E-state index in [2.05, 4.69) is 0 Å². The minimum Gasteiger partial charge on any atom is -0.493 e. The summed E-state index contributed by atoms with van der Waals surface area (Å²) < 4.78 is 12.4. The summed E-state index contributed by atoms with van der Waals surface area (Å²) in [7, 11) is 3.14. The van der Waals surface area contributed by atoms with Crippen LogP contribution in [0.5, 0.6) is 11.5 Å². The lowest BCUT2D eigenvalue weighted by molar-refractivity contribution is 0.355. The maximum atomic E-state index is 11.8. The third-order valence-corrected chi connectivity index (χ3v) is 2.82. The first kappa shape index (κ1) is 11.5. The minimum atomic E-state index is -0.00865. The van der Waals surface area contributed by atoms with Gasteiger partial charge in [0.15, 0.2) is 16.9 Å². The quantitative estimate of drug-likeness (QED) is 0.814. The van der Waals surface area contributed by atoms with Crippen LogP contribution in [0.4, 0.5) is 0 Å². The molecule has 0 saturated carbocycles. The van der Waals surface area contributed by atoms with Crippen LogP contribution in [0.1, 0.15) is 6.92 Å². The lowest BCUT2D eigenvalue weighted by atomic mass is 10.2. The maximum Gasteiger partial charge on any atom is 0.189 e. The highest BCUT2D eigenvalue weighted by molar-refractivity contribution is 5.83. The second kappa shape index (κ2) is 4.49. The Morgan fingerprint density at radius 3 is 2.41 bits per heavy atom. The molecule has 0 atom stereocenters. The van der Waals surface area contributed by atoms with E-state index in [1.165, 1.54) is 0 Å². The Bertz CT molecular complexity index is 601. The molecule has 4 nitrogen and oxygen atoms in total. The van der Waals surface area contributed by atoms with Crippen LogP contribution in [0.15, 0.2) is 29.2 Å². The van der Waals surface area contributed by atoms with E-state index >= 15 is 0 Å². The molecule has 0 amide bonds. The summed E-state index contributed by atoms with van der Waals surface area (Å²) in [5.74, 6) is 1.21. The van der Waals surface area contributed by atoms with Crippen molar-refractivity contribution in [2.75, 3.05) is 14.2 Å². The average Bonchev–Trinajstić information content (AvgIpc) is 2.38. The first-order chi connectivity index (χ1) is 8.21. The Balaban J connectivity index is 2.85. The summed E-state index contributed by atoms with van der Waals surface area (Å²) in [6.07, 6.45) is 1.79. The molecule has 0 aliphatic rings. The van der Waals surface area contributed by atoms with Crippen LogP contribution in [0.25, 0.3) is 10.9 Å². The third-order valence-electron chi connectivity index (χ3n) is 2.82. The zero-order valence-corrected chi connectivity index (χ0v) is 10.2. The minimum absolute atomic E-state index is 0.00865. The fourth-order valence-electron chi connectivity index (χ4n) is 1.91. The fraction of sp³-hybridized carbons (Fsp3) is 0.308. The standard InChI is InChI=1S/C13H15NO3/c1-4-14-6-5-11(15)9-7-12(16-2)13(17-3)8-10(9)14/h5-8H,4H2,1-3H3. The van der Waals surface area contributed by atoms with Gasteiger partial charge < -0.3 is 14.0 Å². The zero-order chi connectivity index (χ0) is 12.4. The molecule has 0 aliphatic carbocycles. The van der Waals surface area contributed by atoms with Crippen LogP contribution in [0, 0.1) is 0 Å². The van der Waals surface area contributed by atoms with E-state index in [1.807, 2.05) is 17.6 Å². The van der Waals surface area contributed by atoms with Crippen LogP contribution in [-0.2, 0) is 6.54 Å². The fourth-order valence-corrected chi connectivity index (χ4v) is 1.91. The van der Waals surface area contributed by atoms with Crippen molar-refractivity contribution in [3.8, 4) is 11.5 Å². The number of pyridine rings is 1. The van der Waals surface area contributed by atoms with Crippen molar-refractivity contribution in [2.24, 2.45) is 0 Å². The number of rotatable bonds is 3. The van der Waals surface area contributed by atoms with Gasteiger partial charge in [0.2, 0.25) is 0 Å². The van der Waals surface area contributed by atoms with E-state index in [9.17, 15) is 4.79 Å². The molecule has 1 aromatic carbocycles. The van der Waals surface area contributed by atoms with Gasteiger partial charge in [-0.25, -0.2) is 0 Å². The molecule has 0 spiro atoms. The van der Waals surface area contributed by atoms with E-state index in [-0.39, 0.29) is 5.43 Å². The van der Waals surface area contributed by atoms with Crippen molar-refractivity contribution in [1.82, 2.24) is 4.57 Å². The number of aryl methyl sites for hydroxylation is 1. The lowest BCUT2D eigenvalue weighted by Crippen LogP contribution is -2.07. The molecule has 90 valence electrons. The molecule has 0 unspecified atom stereocenters. The van der Waals surface area contributed by atoms with Gasteiger partial charge >= 0.3 is 0 Å². The predicted octanol–water partition coefficient (Wildman–Crippen LogP) is 2.04. The largest absolute Gasteiger partial charge is 0.493 e. The Labute approximate surface area is 99.4 Å². The molecule has 17 heavy (non-hydrogen) atoms. The van der Waals surface area contributed by atoms with Crippen molar-refractivity contribution >= 4 is 10.9 Å². The topological polar surface area (TPSA) is 40.5 Å². The van der Waals surface area contributed by atoms with Gasteiger partial charge in [0.25, 0.3) is 0 Å². The number of hydrogen-bond acceptors (Lipinski definition) is 3. The summed E-state index contributed by atoms with van der Waals surface area (Å²) in [4.78, 5) is 11.8. The Hall–Kier alpha value is -1.97. The number of fused-ring (bicyclic) bond motifs is 1. The molecule has 2 rings (SSSR count). The highest BCUT2D eigenvalue weighted by Gasteiger charge is 2.09. The van der Waals surface area contributed by atoms with E-state index in [1.54, 1.807) is 32.5 Å². The van der Waals surface area contributed by atoms with Crippen LogP contribution < -0.4 is 14.9 Å². The number of ether oxygens (including phenoxy) is 2. The Morgan fingerprint density at radius 1 is 1.18 bits per heavy atom. The smallest absolute Gasteiger partial charge is 0.189 e. The van der Waals surface area contributed by atoms with Crippen molar-refractivity contribution in [3.63, 3.8) is 0 Å². The highest BCUT2D eigenvalue weighted by Crippen LogP contribution is 2.30. The summed E-state index contributed by atoms with van der Waals surface area (Å²) in [5.41, 5.74) is 0.850. The molecular formula is C13H15NO3. The normalized spacial score (nSPS) is 10.5. The summed E-state index contributed by atoms with van der Waals surface area (Å²) in [5, 5.41) is 0.645. The van der Waals surface area contributed by atoms with Gasteiger partial charge in [-0.3, -0.25) is 4.79 Å². The molecule has 0 radical (unpaired) electrons. The molecule has 0 bridgehead atoms. The van der Waals surface area contributed by atoms with Gasteiger partial charge in [0, 0.05) is 30.3 Å². The molecular weight excluding hydrogens is 218 g/mol. The highest BCUT2D eigenvalue weighted by atomic mass is 16.5. The Kier molecular flexibility index (Phi) is 3.04. The zero-order valence-electron chi connectivity index (χ0n) is 10.2. The van der Waals surface area contributed by atoms with Crippen LogP contribution >= 0.6 is 0 Å². The first-order valence-corrected chi connectivity index (χ1v) is 5.46. The molecule has 0 saturated heterocycles. The second-order valence-electron chi connectivity index (χ2n) is 3.69. The second-order valence-corrected chi connectivity index (χ2v) is 3.69. The van der Waals surface area contributed by atoms with Crippen molar-refractivity contribution in [1.29, 1.82) is 0 Å². The van der Waals surface area contributed by atoms with Crippen molar-refractivity contribution in [2.45, 2.75) is 13.5 Å². The van der Waals surface area contributed by atoms with Crippen molar-refractivity contribution in [3.05, 3.63) is 34.6 Å². The Morgan fingerprint density at radius 2 is 1.82 bits per heavy atom. The molecule has 4 heteroatoms. The third kappa shape index (κ3) is 1.86. The van der Waals surface area contributed by atoms with E-state index in [0.717, 1.165) is 12.1 Å². The molecule has 0 fully saturated rings. The van der Waals surface area contributed by atoms with E-state index < -0.39 is 0 Å². The molecule has 1 heterocycles. The van der Waals surface area contributed by atoms with Gasteiger partial charge in [-0.05, 0) is 13.0 Å². The van der Waals surface area contributed by atoms with E-state index in [0.29, 0.717) is 16.9 Å². The summed E-state index contributed by atoms with van der Waals surface area (Å²) in [6, 6.07) is 5.12. The van der Waals surface area contributed by atoms with E-state index in [4.69, 9.17) is 9.47 Å². The molecule has 1 aromatic heterocycles. The molecule has 0 aliphatic heterocycles. The number of nitrogens with zero attached hydrogens (tertiary/aromatic N) is 1. The number of benzene rings is 1. The lowest BCUT2D eigenvalue weighted by Gasteiger charge is -2.12. The van der Waals surface area contributed by atoms with Crippen LogP contribution in [-0.4, -0.2) is 18.8 Å². The first-order valence-electron chi connectivity index (χ1n) is 5.46. The predicted molar refractivity (Wildman–Crippen MR) is 67.0 cm³/mol. The van der Waals surface area contributed by atoms with Crippen molar-refractivity contribution < 1.29 is 9.47 Å². The van der Waals surface area contributed by atoms with Gasteiger partial charge in [0.1, 0.15) is 0 Å². The summed E-state index contributed by atoms with van der Waals surface area (Å²) in [6.45, 7) is 2.83. The number of aromatic nitrogens is 1. The van der Waals surface area contributed by atoms with Gasteiger partial charge in [-0.15, -0.1) is 0 Å². The number of hydrogen-bond donors (Lipinski definition) is 0. The maximum absolute atomic E-state index is 11.8. The molecule has 2 aromatic rings. The van der Waals surface area contributed by atoms with Gasteiger partial charge in [-0.1, -0.05) is 0 Å². The molecule has 0 N–H and O–H groups in total. The summed E-state index contributed by atoms with van der Waals surface area (Å²) >= 11 is 0. The van der Waals surface area contributed by atoms with Crippen LogP contribution in [0.3, 0.4) is 0 Å².